The zero-order valence-electron chi connectivity index (χ0n) is 9.74. The van der Waals surface area contributed by atoms with E-state index < -0.39 is 30.2 Å². The van der Waals surface area contributed by atoms with E-state index in [1.165, 1.54) is 0 Å². The van der Waals surface area contributed by atoms with Crippen molar-refractivity contribution in [2.75, 3.05) is 6.54 Å². The summed E-state index contributed by atoms with van der Waals surface area (Å²) >= 11 is 0. The maximum Gasteiger partial charge on any atom is 0.410 e. The monoisotopic (exact) mass is 236 g/mol. The molecule has 0 spiro atoms. The van der Waals surface area contributed by atoms with Gasteiger partial charge in [-0.1, -0.05) is 0 Å². The number of ether oxygens (including phenoxy) is 1. The third-order valence-corrected chi connectivity index (χ3v) is 2.29. The summed E-state index contributed by atoms with van der Waals surface area (Å²) in [6, 6.07) is -1.52. The lowest BCUT2D eigenvalue weighted by Gasteiger charge is -2.28. The molecule has 1 aliphatic rings. The van der Waals surface area contributed by atoms with Crippen molar-refractivity contribution in [2.24, 2.45) is 5.73 Å². The first kappa shape index (κ1) is 13.2. The number of alkyl halides is 2. The molecule has 1 amide bonds. The van der Waals surface area contributed by atoms with Gasteiger partial charge in [-0.2, -0.15) is 0 Å². The van der Waals surface area contributed by atoms with Crippen molar-refractivity contribution >= 4 is 6.09 Å². The molecule has 0 aromatic rings. The highest BCUT2D eigenvalue weighted by atomic mass is 19.3. The molecule has 94 valence electrons. The maximum absolute atomic E-state index is 12.7. The quantitative estimate of drug-likeness (QED) is 0.752. The van der Waals surface area contributed by atoms with E-state index in [0.29, 0.717) is 0 Å². The average Bonchev–Trinajstić information content (AvgIpc) is 2.44. The summed E-state index contributed by atoms with van der Waals surface area (Å²) in [5, 5.41) is 0. The van der Waals surface area contributed by atoms with Crippen molar-refractivity contribution < 1.29 is 18.3 Å². The van der Waals surface area contributed by atoms with E-state index in [-0.39, 0.29) is 13.0 Å². The summed E-state index contributed by atoms with van der Waals surface area (Å²) in [5.41, 5.74) is 4.89. The molecule has 0 aliphatic carbocycles. The molecule has 0 aromatic carbocycles. The predicted octanol–water partition coefficient (Wildman–Crippen LogP) is 1.59. The third-order valence-electron chi connectivity index (χ3n) is 2.29. The summed E-state index contributed by atoms with van der Waals surface area (Å²) in [6.45, 7) is 5.21. The molecule has 2 atom stereocenters. The summed E-state index contributed by atoms with van der Waals surface area (Å²) in [4.78, 5) is 12.7. The summed E-state index contributed by atoms with van der Waals surface area (Å²) in [6.07, 6.45) is -3.18. The second-order valence-corrected chi connectivity index (χ2v) is 5.03. The molecule has 6 heteroatoms. The largest absolute Gasteiger partial charge is 0.444 e. The summed E-state index contributed by atoms with van der Waals surface area (Å²) < 4.78 is 30.4. The van der Waals surface area contributed by atoms with Crippen molar-refractivity contribution in [3.63, 3.8) is 0 Å². The Morgan fingerprint density at radius 2 is 2.06 bits per heavy atom. The number of halogens is 2. The Morgan fingerprint density at radius 1 is 1.50 bits per heavy atom. The second-order valence-electron chi connectivity index (χ2n) is 5.03. The predicted molar refractivity (Wildman–Crippen MR) is 55.3 cm³/mol. The molecule has 1 rings (SSSR count). The molecule has 0 radical (unpaired) electrons. The van der Waals surface area contributed by atoms with Crippen LogP contribution in [0.1, 0.15) is 27.2 Å². The minimum atomic E-state index is -2.58. The first-order valence-electron chi connectivity index (χ1n) is 5.24. The fraction of sp³-hybridized carbons (Fsp3) is 0.900. The van der Waals surface area contributed by atoms with Gasteiger partial charge in [0.1, 0.15) is 5.60 Å². The number of nitrogens with two attached hydrogens (primary N) is 1. The van der Waals surface area contributed by atoms with Gasteiger partial charge in [-0.15, -0.1) is 0 Å². The van der Waals surface area contributed by atoms with Crippen LogP contribution in [0.4, 0.5) is 13.6 Å². The molecule has 1 aliphatic heterocycles. The topological polar surface area (TPSA) is 55.6 Å². The van der Waals surface area contributed by atoms with Gasteiger partial charge in [-0.05, 0) is 27.2 Å². The first-order valence-corrected chi connectivity index (χ1v) is 5.24. The Hall–Kier alpha value is -0.910. The molecule has 2 unspecified atom stereocenters. The Balaban J connectivity index is 2.67. The van der Waals surface area contributed by atoms with Crippen molar-refractivity contribution in [1.82, 2.24) is 4.90 Å². The van der Waals surface area contributed by atoms with E-state index in [9.17, 15) is 13.6 Å². The van der Waals surface area contributed by atoms with Crippen LogP contribution in [0.15, 0.2) is 0 Å². The van der Waals surface area contributed by atoms with Crippen molar-refractivity contribution in [1.29, 1.82) is 0 Å². The summed E-state index contributed by atoms with van der Waals surface area (Å²) in [5.74, 6) is 0. The van der Waals surface area contributed by atoms with E-state index in [1.807, 2.05) is 0 Å². The second kappa shape index (κ2) is 4.53. The van der Waals surface area contributed by atoms with Gasteiger partial charge in [-0.25, -0.2) is 13.6 Å². The lowest BCUT2D eigenvalue weighted by molar-refractivity contribution is -0.00228. The van der Waals surface area contributed by atoms with E-state index in [4.69, 9.17) is 10.5 Å². The fourth-order valence-electron chi connectivity index (χ4n) is 1.67. The minimum Gasteiger partial charge on any atom is -0.444 e. The fourth-order valence-corrected chi connectivity index (χ4v) is 1.67. The smallest absolute Gasteiger partial charge is 0.410 e. The van der Waals surface area contributed by atoms with Crippen LogP contribution in [-0.2, 0) is 4.74 Å². The van der Waals surface area contributed by atoms with Crippen molar-refractivity contribution in [2.45, 2.75) is 51.3 Å². The molecule has 2 N–H and O–H groups in total. The van der Waals surface area contributed by atoms with Crippen LogP contribution in [0, 0.1) is 0 Å². The van der Waals surface area contributed by atoms with Gasteiger partial charge in [0.25, 0.3) is 6.43 Å². The van der Waals surface area contributed by atoms with Crippen LogP contribution in [0.25, 0.3) is 0 Å². The molecule has 0 saturated carbocycles. The zero-order valence-corrected chi connectivity index (χ0v) is 9.74. The van der Waals surface area contributed by atoms with Crippen LogP contribution >= 0.6 is 0 Å². The number of hydrogen-bond acceptors (Lipinski definition) is 3. The zero-order chi connectivity index (χ0) is 12.5. The number of amides is 1. The van der Waals surface area contributed by atoms with Crippen LogP contribution in [0.3, 0.4) is 0 Å². The van der Waals surface area contributed by atoms with Crippen LogP contribution in [0.5, 0.6) is 0 Å². The lowest BCUT2D eigenvalue weighted by Crippen LogP contribution is -2.43. The van der Waals surface area contributed by atoms with Crippen LogP contribution < -0.4 is 5.73 Å². The number of hydrogen-bond donors (Lipinski definition) is 1. The number of rotatable bonds is 1. The SMILES string of the molecule is CC(C)(C)OC(=O)N1CC(N)CC1C(F)F. The van der Waals surface area contributed by atoms with Crippen LogP contribution in [-0.4, -0.2) is 41.6 Å². The van der Waals surface area contributed by atoms with Gasteiger partial charge in [-0.3, -0.25) is 4.90 Å². The molecular formula is C10H18F2N2O2. The number of nitrogens with zero attached hydrogens (tertiary/aromatic N) is 1. The van der Waals surface area contributed by atoms with Gasteiger partial charge < -0.3 is 10.5 Å². The standard InChI is InChI=1S/C10H18F2N2O2/c1-10(2,3)16-9(15)14-5-6(13)4-7(14)8(11)12/h6-8H,4-5,13H2,1-3H3. The Labute approximate surface area is 93.7 Å². The third kappa shape index (κ3) is 3.30. The normalized spacial score (nSPS) is 26.3. The minimum absolute atomic E-state index is 0.122. The van der Waals surface area contributed by atoms with E-state index in [0.717, 1.165) is 4.90 Å². The van der Waals surface area contributed by atoms with Gasteiger partial charge in [0.2, 0.25) is 0 Å². The van der Waals surface area contributed by atoms with E-state index in [2.05, 4.69) is 0 Å². The van der Waals surface area contributed by atoms with Gasteiger partial charge in [0.15, 0.2) is 0 Å². The van der Waals surface area contributed by atoms with Gasteiger partial charge >= 0.3 is 6.09 Å². The number of carbonyl (C=O) groups excluding carboxylic acids is 1. The molecule has 1 fully saturated rings. The molecule has 16 heavy (non-hydrogen) atoms. The Morgan fingerprint density at radius 3 is 2.50 bits per heavy atom. The number of likely N-dealkylation sites (tertiary alicyclic amines) is 1. The van der Waals surface area contributed by atoms with Gasteiger partial charge in [0, 0.05) is 12.6 Å². The summed E-state index contributed by atoms with van der Waals surface area (Å²) in [7, 11) is 0. The lowest BCUT2D eigenvalue weighted by atomic mass is 10.2. The van der Waals surface area contributed by atoms with E-state index >= 15 is 0 Å². The number of carbonyl (C=O) groups is 1. The highest BCUT2D eigenvalue weighted by Crippen LogP contribution is 2.24. The molecule has 0 aromatic heterocycles. The Bertz CT molecular complexity index is 266. The van der Waals surface area contributed by atoms with Crippen molar-refractivity contribution in [3.8, 4) is 0 Å². The Kier molecular flexibility index (Phi) is 3.72. The molecule has 0 bridgehead atoms. The van der Waals surface area contributed by atoms with Crippen molar-refractivity contribution in [3.05, 3.63) is 0 Å². The van der Waals surface area contributed by atoms with Gasteiger partial charge in [0.05, 0.1) is 6.04 Å². The molecule has 1 saturated heterocycles. The van der Waals surface area contributed by atoms with E-state index in [1.54, 1.807) is 20.8 Å². The average molecular weight is 236 g/mol. The highest BCUT2D eigenvalue weighted by Gasteiger charge is 2.40. The molecule has 4 nitrogen and oxygen atoms in total. The molecular weight excluding hydrogens is 218 g/mol. The first-order chi connectivity index (χ1) is 7.20. The maximum atomic E-state index is 12.7. The highest BCUT2D eigenvalue weighted by molar-refractivity contribution is 5.69. The molecule has 1 heterocycles. The van der Waals surface area contributed by atoms with Crippen LogP contribution in [0.2, 0.25) is 0 Å².